The van der Waals surface area contributed by atoms with Crippen molar-refractivity contribution in [2.24, 2.45) is 0 Å². The molecule has 8 heteroatoms. The third-order valence-corrected chi connectivity index (χ3v) is 4.43. The van der Waals surface area contributed by atoms with Crippen LogP contribution in [0.3, 0.4) is 0 Å². The quantitative estimate of drug-likeness (QED) is 0.783. The van der Waals surface area contributed by atoms with Gasteiger partial charge in [-0.1, -0.05) is 6.07 Å². The maximum Gasteiger partial charge on any atom is 0.402 e. The van der Waals surface area contributed by atoms with Crippen molar-refractivity contribution in [3.63, 3.8) is 0 Å². The zero-order valence-corrected chi connectivity index (χ0v) is 11.5. The Morgan fingerprint density at radius 1 is 1.37 bits per heavy atom. The smallest absolute Gasteiger partial charge is 0.380 e. The molecule has 0 aliphatic carbocycles. The minimum absolute atomic E-state index is 0.220. The van der Waals surface area contributed by atoms with Crippen LogP contribution in [0.25, 0.3) is 0 Å². The van der Waals surface area contributed by atoms with E-state index < -0.39 is 19.4 Å². The maximum atomic E-state index is 14.1. The molecule has 1 rings (SSSR count). The van der Waals surface area contributed by atoms with E-state index in [-0.39, 0.29) is 18.9 Å². The van der Waals surface area contributed by atoms with Gasteiger partial charge in [-0.2, -0.15) is 8.78 Å². The summed E-state index contributed by atoms with van der Waals surface area (Å²) in [5.74, 6) is 0. The molecule has 1 heterocycles. The molecule has 0 spiro atoms. The molecule has 0 aliphatic heterocycles. The second kappa shape index (κ2) is 6.52. The van der Waals surface area contributed by atoms with Crippen LogP contribution in [0.1, 0.15) is 25.6 Å². The van der Waals surface area contributed by atoms with Gasteiger partial charge in [-0.3, -0.25) is 9.55 Å². The van der Waals surface area contributed by atoms with Crippen molar-refractivity contribution in [3.05, 3.63) is 30.1 Å². The van der Waals surface area contributed by atoms with Gasteiger partial charge in [0.15, 0.2) is 6.10 Å². The third-order valence-electron chi connectivity index (χ3n) is 2.26. The number of aliphatic hydroxyl groups is 1. The van der Waals surface area contributed by atoms with E-state index in [0.29, 0.717) is 0 Å². The summed E-state index contributed by atoms with van der Waals surface area (Å²) in [4.78, 5) is 3.62. The minimum atomic E-state index is -4.77. The first-order chi connectivity index (χ1) is 8.89. The summed E-state index contributed by atoms with van der Waals surface area (Å²) in [5.41, 5.74) is -4.37. The molecule has 0 radical (unpaired) electrons. The van der Waals surface area contributed by atoms with Gasteiger partial charge in [0.25, 0.3) is 0 Å². The zero-order chi connectivity index (χ0) is 14.5. The predicted molar refractivity (Wildman–Crippen MR) is 65.0 cm³/mol. The van der Waals surface area contributed by atoms with E-state index in [4.69, 9.17) is 0 Å². The van der Waals surface area contributed by atoms with Gasteiger partial charge in [0.05, 0.1) is 18.9 Å². The molecular weight excluding hydrogens is 279 g/mol. The number of rotatable bonds is 7. The van der Waals surface area contributed by atoms with Crippen molar-refractivity contribution in [2.75, 3.05) is 13.2 Å². The fraction of sp³-hybridized carbons (Fsp3) is 0.545. The normalized spacial score (nSPS) is 14.4. The molecule has 1 aromatic rings. The number of alkyl halides is 2. The van der Waals surface area contributed by atoms with E-state index in [9.17, 15) is 18.5 Å². The number of nitrogens with zero attached hydrogens (tertiary/aromatic N) is 1. The van der Waals surface area contributed by atoms with E-state index in [1.807, 2.05) is 0 Å². The van der Waals surface area contributed by atoms with Gasteiger partial charge in [-0.15, -0.1) is 0 Å². The van der Waals surface area contributed by atoms with E-state index in [1.165, 1.54) is 38.2 Å². The number of hydrogen-bond donors (Lipinski definition) is 1. The van der Waals surface area contributed by atoms with Crippen LogP contribution < -0.4 is 0 Å². The highest BCUT2D eigenvalue weighted by Gasteiger charge is 2.59. The van der Waals surface area contributed by atoms with Crippen LogP contribution in [0.4, 0.5) is 8.78 Å². The lowest BCUT2D eigenvalue weighted by Gasteiger charge is -2.28. The second-order valence-corrected chi connectivity index (χ2v) is 5.69. The van der Waals surface area contributed by atoms with Crippen LogP contribution in [0.5, 0.6) is 0 Å². The highest BCUT2D eigenvalue weighted by atomic mass is 31.2. The van der Waals surface area contributed by atoms with Crippen molar-refractivity contribution >= 4 is 7.60 Å². The van der Waals surface area contributed by atoms with Crippen molar-refractivity contribution in [1.82, 2.24) is 4.98 Å². The van der Waals surface area contributed by atoms with Crippen LogP contribution in [0, 0.1) is 0 Å². The van der Waals surface area contributed by atoms with Crippen LogP contribution in [0.2, 0.25) is 0 Å². The summed E-state index contributed by atoms with van der Waals surface area (Å²) in [6, 6.07) is 4.16. The Labute approximate surface area is 110 Å². The lowest BCUT2D eigenvalue weighted by molar-refractivity contribution is -0.0694. The summed E-state index contributed by atoms with van der Waals surface area (Å²) in [5, 5.41) is 9.69. The zero-order valence-electron chi connectivity index (χ0n) is 10.6. The summed E-state index contributed by atoms with van der Waals surface area (Å²) in [7, 11) is -4.77. The van der Waals surface area contributed by atoms with Gasteiger partial charge in [0.2, 0.25) is 0 Å². The van der Waals surface area contributed by atoms with Crippen molar-refractivity contribution < 1.29 is 27.5 Å². The fourth-order valence-electron chi connectivity index (χ4n) is 1.41. The minimum Gasteiger partial charge on any atom is -0.380 e. The van der Waals surface area contributed by atoms with E-state index in [0.717, 1.165) is 0 Å². The Morgan fingerprint density at radius 3 is 2.37 bits per heavy atom. The number of aromatic nitrogens is 1. The van der Waals surface area contributed by atoms with E-state index in [2.05, 4.69) is 14.0 Å². The maximum absolute atomic E-state index is 14.1. The predicted octanol–water partition coefficient (Wildman–Crippen LogP) is 2.97. The topological polar surface area (TPSA) is 68.7 Å². The molecule has 0 amide bonds. The molecule has 108 valence electrons. The van der Waals surface area contributed by atoms with Gasteiger partial charge in [-0.05, 0) is 26.0 Å². The molecule has 1 atom stereocenters. The molecule has 0 bridgehead atoms. The average Bonchev–Trinajstić information content (AvgIpc) is 2.39. The number of hydrogen-bond acceptors (Lipinski definition) is 5. The third kappa shape index (κ3) is 3.36. The van der Waals surface area contributed by atoms with E-state index in [1.54, 1.807) is 0 Å². The molecule has 19 heavy (non-hydrogen) atoms. The Morgan fingerprint density at radius 2 is 1.95 bits per heavy atom. The molecule has 0 fully saturated rings. The first-order valence-electron chi connectivity index (χ1n) is 5.75. The lowest BCUT2D eigenvalue weighted by atomic mass is 10.2. The summed E-state index contributed by atoms with van der Waals surface area (Å²) in [6.07, 6.45) is -1.11. The monoisotopic (exact) mass is 295 g/mol. The highest BCUT2D eigenvalue weighted by Crippen LogP contribution is 2.65. The summed E-state index contributed by atoms with van der Waals surface area (Å²) in [6.45, 7) is 2.38. The molecule has 0 saturated heterocycles. The summed E-state index contributed by atoms with van der Waals surface area (Å²) < 4.78 is 49.5. The van der Waals surface area contributed by atoms with Gasteiger partial charge >= 0.3 is 13.3 Å². The Hall–Kier alpha value is -0.880. The standard InChI is InChI=1S/C11H16F2NO4P/c1-3-17-19(16,18-4-2)11(12,13)10(15)9-7-5-6-8-14-9/h5-8,10,15H,3-4H2,1-2H3. The molecule has 1 N–H and O–H groups in total. The molecule has 1 aromatic heterocycles. The van der Waals surface area contributed by atoms with E-state index >= 15 is 0 Å². The first-order valence-corrected chi connectivity index (χ1v) is 7.29. The largest absolute Gasteiger partial charge is 0.402 e. The van der Waals surface area contributed by atoms with Gasteiger partial charge in [0, 0.05) is 6.20 Å². The number of pyridine rings is 1. The van der Waals surface area contributed by atoms with Crippen molar-refractivity contribution in [3.8, 4) is 0 Å². The van der Waals surface area contributed by atoms with Crippen LogP contribution in [-0.2, 0) is 13.6 Å². The SMILES string of the molecule is CCOP(=O)(OCC)C(F)(F)C(O)c1ccccn1. The molecule has 0 saturated carbocycles. The highest BCUT2D eigenvalue weighted by molar-refractivity contribution is 7.55. The Balaban J connectivity index is 3.09. The van der Waals surface area contributed by atoms with Gasteiger partial charge in [-0.25, -0.2) is 0 Å². The molecular formula is C11H16F2NO4P. The molecule has 5 nitrogen and oxygen atoms in total. The van der Waals surface area contributed by atoms with Crippen LogP contribution in [-0.4, -0.2) is 29.0 Å². The Kier molecular flexibility index (Phi) is 5.55. The molecule has 1 unspecified atom stereocenters. The lowest BCUT2D eigenvalue weighted by Crippen LogP contribution is -2.29. The number of halogens is 2. The van der Waals surface area contributed by atoms with Crippen LogP contribution >= 0.6 is 7.60 Å². The van der Waals surface area contributed by atoms with Crippen LogP contribution in [0.15, 0.2) is 24.4 Å². The first kappa shape index (κ1) is 16.2. The Bertz CT molecular complexity index is 434. The van der Waals surface area contributed by atoms with Crippen molar-refractivity contribution in [1.29, 1.82) is 0 Å². The number of aliphatic hydroxyl groups excluding tert-OH is 1. The fourth-order valence-corrected chi connectivity index (χ4v) is 2.95. The summed E-state index contributed by atoms with van der Waals surface area (Å²) >= 11 is 0. The average molecular weight is 295 g/mol. The van der Waals surface area contributed by atoms with Gasteiger partial charge in [0.1, 0.15) is 0 Å². The molecule has 0 aromatic carbocycles. The molecule has 0 aliphatic rings. The van der Waals surface area contributed by atoms with Crippen molar-refractivity contribution in [2.45, 2.75) is 25.6 Å². The van der Waals surface area contributed by atoms with Gasteiger partial charge < -0.3 is 14.2 Å². The second-order valence-electron chi connectivity index (χ2n) is 3.58.